The molecule has 3 rings (SSSR count). The van der Waals surface area contributed by atoms with Gasteiger partial charge in [0.1, 0.15) is 0 Å². The molecule has 0 saturated heterocycles. The quantitative estimate of drug-likeness (QED) is 0.351. The van der Waals surface area contributed by atoms with Crippen molar-refractivity contribution in [1.82, 2.24) is 15.2 Å². The molecule has 0 unspecified atom stereocenters. The Morgan fingerprint density at radius 2 is 1.80 bits per heavy atom. The lowest BCUT2D eigenvalue weighted by Crippen LogP contribution is -2.23. The van der Waals surface area contributed by atoms with Gasteiger partial charge in [-0.25, -0.2) is 10.1 Å². The smallest absolute Gasteiger partial charge is 0.280 e. The van der Waals surface area contributed by atoms with E-state index in [2.05, 4.69) is 36.4 Å². The summed E-state index contributed by atoms with van der Waals surface area (Å²) in [6, 6.07) is 14.5. The van der Waals surface area contributed by atoms with Crippen LogP contribution in [0.25, 0.3) is 5.69 Å². The van der Waals surface area contributed by atoms with Crippen molar-refractivity contribution < 1.29 is 4.79 Å². The van der Waals surface area contributed by atoms with Gasteiger partial charge in [0, 0.05) is 16.9 Å². The molecule has 7 heteroatoms. The topological polar surface area (TPSA) is 105 Å². The van der Waals surface area contributed by atoms with Crippen LogP contribution in [0.5, 0.6) is 0 Å². The summed E-state index contributed by atoms with van der Waals surface area (Å²) >= 11 is 0. The fourth-order valence-corrected chi connectivity index (χ4v) is 3.20. The Morgan fingerprint density at radius 1 is 1.13 bits per heavy atom. The van der Waals surface area contributed by atoms with Crippen LogP contribution < -0.4 is 16.7 Å². The standard InChI is InChI=1S/C23H27N5O2/c1-14(25-26-21(29)16-7-6-8-18(24)13-16)20-15(2)27-28(22(20)30)19-11-9-17(10-12-19)23(3,4)5/h6-13,27H,24H2,1-5H3,(H,26,29)/b25-14+. The summed E-state index contributed by atoms with van der Waals surface area (Å²) in [6.45, 7) is 9.91. The lowest BCUT2D eigenvalue weighted by atomic mass is 9.87. The molecule has 0 radical (unpaired) electrons. The van der Waals surface area contributed by atoms with Crippen LogP contribution in [0.2, 0.25) is 0 Å². The summed E-state index contributed by atoms with van der Waals surface area (Å²) in [5.74, 6) is -0.395. The van der Waals surface area contributed by atoms with Gasteiger partial charge in [-0.3, -0.25) is 14.7 Å². The van der Waals surface area contributed by atoms with Crippen molar-refractivity contribution in [3.8, 4) is 5.69 Å². The Balaban J connectivity index is 1.87. The number of H-pyrrole nitrogens is 1. The zero-order valence-electron chi connectivity index (χ0n) is 17.9. The van der Waals surface area contributed by atoms with E-state index in [9.17, 15) is 9.59 Å². The number of benzene rings is 2. The molecular formula is C23H27N5O2. The van der Waals surface area contributed by atoms with E-state index in [4.69, 9.17) is 5.73 Å². The molecule has 0 aliphatic carbocycles. The van der Waals surface area contributed by atoms with Crippen molar-refractivity contribution in [2.24, 2.45) is 5.10 Å². The Morgan fingerprint density at radius 3 is 2.40 bits per heavy atom. The molecule has 1 heterocycles. The molecule has 30 heavy (non-hydrogen) atoms. The number of nitrogens with zero attached hydrogens (tertiary/aromatic N) is 2. The molecule has 0 atom stereocenters. The first kappa shape index (κ1) is 21.1. The molecule has 0 spiro atoms. The molecule has 2 aromatic carbocycles. The number of hydrogen-bond donors (Lipinski definition) is 3. The summed E-state index contributed by atoms with van der Waals surface area (Å²) in [7, 11) is 0. The van der Waals surface area contributed by atoms with Gasteiger partial charge >= 0.3 is 0 Å². The third-order valence-electron chi connectivity index (χ3n) is 4.90. The number of nitrogen functional groups attached to an aromatic ring is 1. The number of hydrazone groups is 1. The predicted molar refractivity (Wildman–Crippen MR) is 120 cm³/mol. The van der Waals surface area contributed by atoms with Crippen molar-refractivity contribution in [2.45, 2.75) is 40.0 Å². The van der Waals surface area contributed by atoms with E-state index < -0.39 is 5.91 Å². The molecule has 0 bridgehead atoms. The van der Waals surface area contributed by atoms with Crippen LogP contribution in [0.3, 0.4) is 0 Å². The van der Waals surface area contributed by atoms with Gasteiger partial charge in [0.05, 0.1) is 17.0 Å². The zero-order chi connectivity index (χ0) is 22.1. The highest BCUT2D eigenvalue weighted by atomic mass is 16.2. The third-order valence-corrected chi connectivity index (χ3v) is 4.90. The number of nitrogens with one attached hydrogen (secondary N) is 2. The molecule has 0 aliphatic rings. The minimum absolute atomic E-state index is 0.0329. The SMILES string of the molecule is C/C(=N\NC(=O)c1cccc(N)c1)c1c(C)[nH]n(-c2ccc(C(C)(C)C)cc2)c1=O. The molecule has 3 aromatic rings. The summed E-state index contributed by atoms with van der Waals surface area (Å²) in [5, 5.41) is 7.21. The van der Waals surface area contributed by atoms with E-state index in [0.29, 0.717) is 28.2 Å². The number of nitrogens with two attached hydrogens (primary N) is 1. The Bertz CT molecular complexity index is 1160. The van der Waals surface area contributed by atoms with E-state index in [1.165, 1.54) is 10.2 Å². The van der Waals surface area contributed by atoms with Gasteiger partial charge in [-0.2, -0.15) is 5.10 Å². The predicted octanol–water partition coefficient (Wildman–Crippen LogP) is 3.51. The second-order valence-electron chi connectivity index (χ2n) is 8.31. The van der Waals surface area contributed by atoms with Gasteiger partial charge in [0.2, 0.25) is 0 Å². The Hall–Kier alpha value is -3.61. The molecule has 7 nitrogen and oxygen atoms in total. The Kier molecular flexibility index (Phi) is 5.64. The Labute approximate surface area is 175 Å². The largest absolute Gasteiger partial charge is 0.399 e. The zero-order valence-corrected chi connectivity index (χ0v) is 17.9. The number of anilines is 1. The molecule has 0 fully saturated rings. The maximum absolute atomic E-state index is 13.0. The van der Waals surface area contributed by atoms with Crippen molar-refractivity contribution >= 4 is 17.3 Å². The van der Waals surface area contributed by atoms with Crippen LogP contribution >= 0.6 is 0 Å². The minimum atomic E-state index is -0.395. The number of aromatic nitrogens is 2. The van der Waals surface area contributed by atoms with E-state index in [1.54, 1.807) is 38.1 Å². The fraction of sp³-hybridized carbons (Fsp3) is 0.261. The number of amides is 1. The normalized spacial score (nSPS) is 12.1. The van der Waals surface area contributed by atoms with Crippen LogP contribution in [-0.4, -0.2) is 21.4 Å². The van der Waals surface area contributed by atoms with Gasteiger partial charge in [0.15, 0.2) is 0 Å². The number of carbonyl (C=O) groups excluding carboxylic acids is 1. The third kappa shape index (κ3) is 4.35. The number of hydrogen-bond acceptors (Lipinski definition) is 4. The number of aryl methyl sites for hydroxylation is 1. The van der Waals surface area contributed by atoms with E-state index in [-0.39, 0.29) is 11.0 Å². The van der Waals surface area contributed by atoms with Crippen molar-refractivity contribution in [1.29, 1.82) is 0 Å². The summed E-state index contributed by atoms with van der Waals surface area (Å²) < 4.78 is 1.48. The van der Waals surface area contributed by atoms with E-state index in [0.717, 1.165) is 5.69 Å². The molecule has 0 saturated carbocycles. The number of rotatable bonds is 4. The molecule has 4 N–H and O–H groups in total. The number of carbonyl (C=O) groups is 1. The highest BCUT2D eigenvalue weighted by molar-refractivity contribution is 6.01. The van der Waals surface area contributed by atoms with Crippen LogP contribution in [0.1, 0.15) is 54.9 Å². The fourth-order valence-electron chi connectivity index (χ4n) is 3.20. The highest BCUT2D eigenvalue weighted by Crippen LogP contribution is 2.23. The molecule has 156 valence electrons. The van der Waals surface area contributed by atoms with Crippen LogP contribution in [0.4, 0.5) is 5.69 Å². The second-order valence-corrected chi connectivity index (χ2v) is 8.31. The monoisotopic (exact) mass is 405 g/mol. The molecule has 1 amide bonds. The first-order valence-electron chi connectivity index (χ1n) is 9.71. The average molecular weight is 406 g/mol. The molecule has 0 aliphatic heterocycles. The lowest BCUT2D eigenvalue weighted by Gasteiger charge is -2.19. The highest BCUT2D eigenvalue weighted by Gasteiger charge is 2.17. The van der Waals surface area contributed by atoms with Crippen molar-refractivity contribution in [3.05, 3.63) is 81.3 Å². The van der Waals surface area contributed by atoms with Gasteiger partial charge in [-0.15, -0.1) is 0 Å². The van der Waals surface area contributed by atoms with Crippen LogP contribution in [0, 0.1) is 6.92 Å². The van der Waals surface area contributed by atoms with Gasteiger partial charge in [-0.05, 0) is 55.2 Å². The first-order chi connectivity index (χ1) is 14.1. The van der Waals surface area contributed by atoms with Crippen molar-refractivity contribution in [2.75, 3.05) is 5.73 Å². The molecule has 1 aromatic heterocycles. The van der Waals surface area contributed by atoms with Crippen molar-refractivity contribution in [3.63, 3.8) is 0 Å². The summed E-state index contributed by atoms with van der Waals surface area (Å²) in [4.78, 5) is 25.3. The summed E-state index contributed by atoms with van der Waals surface area (Å²) in [6.07, 6.45) is 0. The maximum Gasteiger partial charge on any atom is 0.280 e. The number of aromatic amines is 1. The first-order valence-corrected chi connectivity index (χ1v) is 9.71. The van der Waals surface area contributed by atoms with Gasteiger partial charge < -0.3 is 5.73 Å². The van der Waals surface area contributed by atoms with E-state index in [1.807, 2.05) is 24.3 Å². The van der Waals surface area contributed by atoms with E-state index >= 15 is 0 Å². The van der Waals surface area contributed by atoms with Gasteiger partial charge in [-0.1, -0.05) is 39.0 Å². The average Bonchev–Trinajstić information content (AvgIpc) is 2.99. The molecular weight excluding hydrogens is 378 g/mol. The maximum atomic E-state index is 13.0. The second kappa shape index (κ2) is 8.02. The van der Waals surface area contributed by atoms with Crippen LogP contribution in [-0.2, 0) is 5.41 Å². The minimum Gasteiger partial charge on any atom is -0.399 e. The lowest BCUT2D eigenvalue weighted by molar-refractivity contribution is 0.0955. The van der Waals surface area contributed by atoms with Gasteiger partial charge in [0.25, 0.3) is 11.5 Å². The van der Waals surface area contributed by atoms with Crippen LogP contribution in [0.15, 0.2) is 58.4 Å². The summed E-state index contributed by atoms with van der Waals surface area (Å²) in [5.41, 5.74) is 12.3.